The maximum atomic E-state index is 13.0. The standard InChI is InChI=1S/C19H18N2O3S/c1-19(2)15(16(23)20-11-7-9-12(22)10-8-11)21-17(24)13-5-3-4-6-14(13)18(21)25-19/h3-10,15,18,22H,1-2H3,(H,20,23)/t15-,18-/m1/s1. The third-order valence-electron chi connectivity index (χ3n) is 4.68. The Balaban J connectivity index is 1.66. The van der Waals surface area contributed by atoms with Gasteiger partial charge < -0.3 is 15.3 Å². The molecular weight excluding hydrogens is 336 g/mol. The number of phenolic OH excluding ortho intramolecular Hbond substituents is 1. The van der Waals surface area contributed by atoms with Crippen LogP contribution in [0.15, 0.2) is 48.5 Å². The molecule has 0 aliphatic carbocycles. The van der Waals surface area contributed by atoms with Gasteiger partial charge in [-0.05, 0) is 49.7 Å². The third-order valence-corrected chi connectivity index (χ3v) is 6.21. The number of benzene rings is 2. The normalized spacial score (nSPS) is 23.3. The summed E-state index contributed by atoms with van der Waals surface area (Å²) in [6.07, 6.45) is 0. The van der Waals surface area contributed by atoms with Crippen molar-refractivity contribution in [3.05, 3.63) is 59.7 Å². The molecule has 0 spiro atoms. The Morgan fingerprint density at radius 3 is 2.56 bits per heavy atom. The zero-order valence-electron chi connectivity index (χ0n) is 13.9. The van der Waals surface area contributed by atoms with Crippen molar-refractivity contribution in [1.82, 2.24) is 4.90 Å². The quantitative estimate of drug-likeness (QED) is 0.811. The molecule has 6 heteroatoms. The second kappa shape index (κ2) is 5.52. The van der Waals surface area contributed by atoms with Crippen LogP contribution in [0.5, 0.6) is 5.75 Å². The van der Waals surface area contributed by atoms with Crippen LogP contribution < -0.4 is 5.32 Å². The Morgan fingerprint density at radius 1 is 1.16 bits per heavy atom. The van der Waals surface area contributed by atoms with Crippen molar-refractivity contribution in [1.29, 1.82) is 0 Å². The number of anilines is 1. The Morgan fingerprint density at radius 2 is 1.84 bits per heavy atom. The Kier molecular flexibility index (Phi) is 3.54. The average Bonchev–Trinajstić information content (AvgIpc) is 3.00. The van der Waals surface area contributed by atoms with Gasteiger partial charge in [-0.1, -0.05) is 18.2 Å². The lowest BCUT2D eigenvalue weighted by Gasteiger charge is -2.29. The number of carbonyl (C=O) groups excluding carboxylic acids is 2. The molecular formula is C19H18N2O3S. The second-order valence-corrected chi connectivity index (χ2v) is 8.55. The fourth-order valence-corrected chi connectivity index (χ4v) is 5.15. The van der Waals surface area contributed by atoms with E-state index in [9.17, 15) is 14.7 Å². The molecule has 2 aromatic rings. The van der Waals surface area contributed by atoms with Crippen molar-refractivity contribution >= 4 is 29.3 Å². The number of phenols is 1. The molecule has 2 aliphatic rings. The van der Waals surface area contributed by atoms with Gasteiger partial charge in [0.25, 0.3) is 5.91 Å². The van der Waals surface area contributed by atoms with E-state index < -0.39 is 10.8 Å². The topological polar surface area (TPSA) is 69.6 Å². The highest BCUT2D eigenvalue weighted by Gasteiger charge is 2.57. The number of amides is 2. The van der Waals surface area contributed by atoms with Crippen LogP contribution in [-0.4, -0.2) is 32.6 Å². The van der Waals surface area contributed by atoms with Crippen LogP contribution in [-0.2, 0) is 4.79 Å². The molecule has 128 valence electrons. The summed E-state index contributed by atoms with van der Waals surface area (Å²) < 4.78 is -0.408. The lowest BCUT2D eigenvalue weighted by atomic mass is 10.0. The van der Waals surface area contributed by atoms with Gasteiger partial charge in [0.1, 0.15) is 17.2 Å². The maximum Gasteiger partial charge on any atom is 0.256 e. The number of hydrogen-bond acceptors (Lipinski definition) is 4. The van der Waals surface area contributed by atoms with Gasteiger partial charge in [-0.15, -0.1) is 11.8 Å². The van der Waals surface area contributed by atoms with Crippen molar-refractivity contribution < 1.29 is 14.7 Å². The van der Waals surface area contributed by atoms with Crippen LogP contribution in [0, 0.1) is 0 Å². The first-order chi connectivity index (χ1) is 11.9. The first-order valence-electron chi connectivity index (χ1n) is 8.08. The van der Waals surface area contributed by atoms with Gasteiger partial charge in [0.15, 0.2) is 0 Å². The number of nitrogens with zero attached hydrogens (tertiary/aromatic N) is 1. The van der Waals surface area contributed by atoms with Gasteiger partial charge in [0, 0.05) is 16.0 Å². The minimum Gasteiger partial charge on any atom is -0.508 e. The highest BCUT2D eigenvalue weighted by atomic mass is 32.2. The minimum atomic E-state index is -0.573. The molecule has 0 unspecified atom stereocenters. The molecule has 1 saturated heterocycles. The highest BCUT2D eigenvalue weighted by molar-refractivity contribution is 8.01. The van der Waals surface area contributed by atoms with E-state index in [2.05, 4.69) is 5.32 Å². The van der Waals surface area contributed by atoms with E-state index in [0.29, 0.717) is 11.3 Å². The van der Waals surface area contributed by atoms with Crippen molar-refractivity contribution in [2.45, 2.75) is 30.0 Å². The molecule has 1 fully saturated rings. The minimum absolute atomic E-state index is 0.0930. The van der Waals surface area contributed by atoms with E-state index in [1.54, 1.807) is 28.8 Å². The highest BCUT2D eigenvalue weighted by Crippen LogP contribution is 2.56. The van der Waals surface area contributed by atoms with Crippen LogP contribution in [0.4, 0.5) is 5.69 Å². The molecule has 2 N–H and O–H groups in total. The van der Waals surface area contributed by atoms with Crippen LogP contribution in [0.25, 0.3) is 0 Å². The van der Waals surface area contributed by atoms with Crippen molar-refractivity contribution in [2.75, 3.05) is 5.32 Å². The van der Waals surface area contributed by atoms with Gasteiger partial charge in [-0.25, -0.2) is 0 Å². The number of rotatable bonds is 2. The van der Waals surface area contributed by atoms with Gasteiger partial charge in [0.2, 0.25) is 5.91 Å². The Hall–Kier alpha value is -2.47. The first kappa shape index (κ1) is 16.0. The Labute approximate surface area is 150 Å². The zero-order valence-corrected chi connectivity index (χ0v) is 14.7. The second-order valence-electron chi connectivity index (χ2n) is 6.81. The number of thioether (sulfide) groups is 1. The summed E-state index contributed by atoms with van der Waals surface area (Å²) in [6.45, 7) is 3.99. The molecule has 0 aromatic heterocycles. The van der Waals surface area contributed by atoms with E-state index >= 15 is 0 Å². The zero-order chi connectivity index (χ0) is 17.8. The predicted octanol–water partition coefficient (Wildman–Crippen LogP) is 3.38. The van der Waals surface area contributed by atoms with Crippen LogP contribution in [0.2, 0.25) is 0 Å². The van der Waals surface area contributed by atoms with Gasteiger partial charge in [-0.3, -0.25) is 9.59 Å². The first-order valence-corrected chi connectivity index (χ1v) is 8.96. The summed E-state index contributed by atoms with van der Waals surface area (Å²) in [7, 11) is 0. The van der Waals surface area contributed by atoms with E-state index in [1.165, 1.54) is 12.1 Å². The lowest BCUT2D eigenvalue weighted by Crippen LogP contribution is -2.50. The SMILES string of the molecule is CC1(C)S[C@@H]2c3ccccc3C(=O)N2[C@@H]1C(=O)Nc1ccc(O)cc1. The van der Waals surface area contributed by atoms with E-state index in [-0.39, 0.29) is 22.9 Å². The number of aromatic hydroxyl groups is 1. The summed E-state index contributed by atoms with van der Waals surface area (Å²) in [5.41, 5.74) is 2.25. The van der Waals surface area contributed by atoms with E-state index in [0.717, 1.165) is 5.56 Å². The molecule has 25 heavy (non-hydrogen) atoms. The monoisotopic (exact) mass is 354 g/mol. The van der Waals surface area contributed by atoms with Gasteiger partial charge in [0.05, 0.1) is 0 Å². The van der Waals surface area contributed by atoms with Crippen molar-refractivity contribution in [3.8, 4) is 5.75 Å². The van der Waals surface area contributed by atoms with Crippen LogP contribution in [0.1, 0.15) is 35.1 Å². The molecule has 2 heterocycles. The molecule has 2 atom stereocenters. The molecule has 2 aliphatic heterocycles. The number of nitrogens with one attached hydrogen (secondary N) is 1. The summed E-state index contributed by atoms with van der Waals surface area (Å²) in [5, 5.41) is 12.1. The van der Waals surface area contributed by atoms with Crippen molar-refractivity contribution in [2.24, 2.45) is 0 Å². The average molecular weight is 354 g/mol. The lowest BCUT2D eigenvalue weighted by molar-refractivity contribution is -0.121. The Bertz CT molecular complexity index is 863. The molecule has 0 radical (unpaired) electrons. The molecule has 5 nitrogen and oxygen atoms in total. The molecule has 0 saturated carbocycles. The fourth-order valence-electron chi connectivity index (χ4n) is 3.56. The van der Waals surface area contributed by atoms with Gasteiger partial charge in [-0.2, -0.15) is 0 Å². The fraction of sp³-hybridized carbons (Fsp3) is 0.263. The maximum absolute atomic E-state index is 13.0. The van der Waals surface area contributed by atoms with Crippen LogP contribution in [0.3, 0.4) is 0 Å². The summed E-state index contributed by atoms with van der Waals surface area (Å²) >= 11 is 1.64. The number of hydrogen-bond donors (Lipinski definition) is 2. The van der Waals surface area contributed by atoms with E-state index in [4.69, 9.17) is 0 Å². The van der Waals surface area contributed by atoms with Crippen LogP contribution >= 0.6 is 11.8 Å². The molecule has 2 amide bonds. The third kappa shape index (κ3) is 2.48. The smallest absolute Gasteiger partial charge is 0.256 e. The van der Waals surface area contributed by atoms with E-state index in [1.807, 2.05) is 38.1 Å². The number of fused-ring (bicyclic) bond motifs is 3. The summed E-state index contributed by atoms with van der Waals surface area (Å²) in [6, 6.07) is 13.3. The van der Waals surface area contributed by atoms with Gasteiger partial charge >= 0.3 is 0 Å². The summed E-state index contributed by atoms with van der Waals surface area (Å²) in [5.74, 6) is -0.170. The largest absolute Gasteiger partial charge is 0.508 e. The molecule has 4 rings (SSSR count). The predicted molar refractivity (Wildman–Crippen MR) is 97.5 cm³/mol. The number of carbonyl (C=O) groups is 2. The molecule has 2 aromatic carbocycles. The molecule has 0 bridgehead atoms. The van der Waals surface area contributed by atoms with Crippen molar-refractivity contribution in [3.63, 3.8) is 0 Å². The summed E-state index contributed by atoms with van der Waals surface area (Å²) in [4.78, 5) is 27.6.